The molecule has 0 radical (unpaired) electrons. The van der Waals surface area contributed by atoms with Crippen LogP contribution in [0.1, 0.15) is 18.4 Å². The highest BCUT2D eigenvalue weighted by Gasteiger charge is 2.43. The number of primary amides is 1. The van der Waals surface area contributed by atoms with Crippen LogP contribution in [-0.4, -0.2) is 43.7 Å². The molecule has 28 heavy (non-hydrogen) atoms. The smallest absolute Gasteiger partial charge is 0.225 e. The lowest BCUT2D eigenvalue weighted by Gasteiger charge is -2.27. The van der Waals surface area contributed by atoms with E-state index in [1.54, 1.807) is 0 Å². The maximum atomic E-state index is 12.4. The Hall–Kier alpha value is -2.43. The molecule has 2 aromatic rings. The normalized spacial score (nSPS) is 22.8. The summed E-state index contributed by atoms with van der Waals surface area (Å²) in [5.74, 6) is -0.184. The van der Waals surface area contributed by atoms with Gasteiger partial charge in [-0.25, -0.2) is 0 Å². The number of amides is 1. The fourth-order valence-electron chi connectivity index (χ4n) is 4.37. The zero-order valence-corrected chi connectivity index (χ0v) is 16.3. The predicted octanol–water partition coefficient (Wildman–Crippen LogP) is 3.42. The largest absolute Gasteiger partial charge is 0.377 e. The molecule has 0 spiro atoms. The average molecular weight is 377 g/mol. The molecular weight excluding hydrogens is 348 g/mol. The van der Waals surface area contributed by atoms with Gasteiger partial charge in [0.2, 0.25) is 5.91 Å². The zero-order valence-electron chi connectivity index (χ0n) is 16.3. The molecular formula is C24H28N2O2. The SMILES string of the molecule is NC(=O)C1(Cc2ccc(-c3ccccc3)cc2)CCN(CC2=CCCOC2)C1. The van der Waals surface area contributed by atoms with Crippen LogP contribution in [0.5, 0.6) is 0 Å². The molecule has 0 aliphatic carbocycles. The van der Waals surface area contributed by atoms with Crippen molar-refractivity contribution in [3.8, 4) is 11.1 Å². The van der Waals surface area contributed by atoms with Gasteiger partial charge in [0.25, 0.3) is 0 Å². The van der Waals surface area contributed by atoms with E-state index in [1.165, 1.54) is 22.3 Å². The lowest BCUT2D eigenvalue weighted by molar-refractivity contribution is -0.127. The molecule has 4 nitrogen and oxygen atoms in total. The molecule has 0 bridgehead atoms. The third-order valence-electron chi connectivity index (χ3n) is 5.97. The van der Waals surface area contributed by atoms with Crippen LogP contribution in [0, 0.1) is 5.41 Å². The minimum Gasteiger partial charge on any atom is -0.377 e. The van der Waals surface area contributed by atoms with Gasteiger partial charge in [-0.15, -0.1) is 0 Å². The van der Waals surface area contributed by atoms with Crippen molar-refractivity contribution >= 4 is 5.91 Å². The van der Waals surface area contributed by atoms with E-state index >= 15 is 0 Å². The number of rotatable bonds is 6. The number of nitrogens with two attached hydrogens (primary N) is 1. The van der Waals surface area contributed by atoms with Gasteiger partial charge >= 0.3 is 0 Å². The van der Waals surface area contributed by atoms with Gasteiger partial charge in [-0.3, -0.25) is 9.69 Å². The monoisotopic (exact) mass is 376 g/mol. The number of hydrogen-bond acceptors (Lipinski definition) is 3. The van der Waals surface area contributed by atoms with Crippen LogP contribution in [0.15, 0.2) is 66.2 Å². The molecule has 2 aromatic carbocycles. The number of nitrogens with zero attached hydrogens (tertiary/aromatic N) is 1. The Morgan fingerprint density at radius 3 is 2.50 bits per heavy atom. The summed E-state index contributed by atoms with van der Waals surface area (Å²) in [5.41, 5.74) is 10.3. The van der Waals surface area contributed by atoms with Crippen LogP contribution in [0.2, 0.25) is 0 Å². The Bertz CT molecular complexity index is 845. The average Bonchev–Trinajstić information content (AvgIpc) is 3.14. The molecule has 2 heterocycles. The van der Waals surface area contributed by atoms with E-state index in [9.17, 15) is 4.79 Å². The van der Waals surface area contributed by atoms with E-state index < -0.39 is 5.41 Å². The van der Waals surface area contributed by atoms with E-state index in [0.29, 0.717) is 13.0 Å². The predicted molar refractivity (Wildman–Crippen MR) is 112 cm³/mol. The summed E-state index contributed by atoms with van der Waals surface area (Å²) in [6.07, 6.45) is 4.77. The highest BCUT2D eigenvalue weighted by atomic mass is 16.5. The highest BCUT2D eigenvalue weighted by molar-refractivity contribution is 5.82. The summed E-state index contributed by atoms with van der Waals surface area (Å²) in [6, 6.07) is 18.9. The van der Waals surface area contributed by atoms with Gasteiger partial charge in [-0.05, 0) is 48.1 Å². The Labute approximate surface area is 167 Å². The zero-order chi connectivity index (χ0) is 19.4. The lowest BCUT2D eigenvalue weighted by atomic mass is 9.80. The molecule has 1 atom stereocenters. The molecule has 2 N–H and O–H groups in total. The van der Waals surface area contributed by atoms with Crippen molar-refractivity contribution in [1.29, 1.82) is 0 Å². The number of benzene rings is 2. The van der Waals surface area contributed by atoms with Crippen LogP contribution in [-0.2, 0) is 16.0 Å². The van der Waals surface area contributed by atoms with Crippen LogP contribution < -0.4 is 5.73 Å². The fraction of sp³-hybridized carbons (Fsp3) is 0.375. The maximum absolute atomic E-state index is 12.4. The molecule has 1 fully saturated rings. The van der Waals surface area contributed by atoms with Gasteiger partial charge < -0.3 is 10.5 Å². The first kappa shape index (κ1) is 18.9. The first-order valence-corrected chi connectivity index (χ1v) is 10.1. The Morgan fingerprint density at radius 1 is 1.07 bits per heavy atom. The third kappa shape index (κ3) is 4.18. The van der Waals surface area contributed by atoms with E-state index in [0.717, 1.165) is 39.1 Å². The van der Waals surface area contributed by atoms with Gasteiger partial charge in [0.15, 0.2) is 0 Å². The van der Waals surface area contributed by atoms with Crippen LogP contribution in [0.25, 0.3) is 11.1 Å². The molecule has 0 aromatic heterocycles. The lowest BCUT2D eigenvalue weighted by Crippen LogP contribution is -2.41. The van der Waals surface area contributed by atoms with E-state index in [2.05, 4.69) is 47.4 Å². The second-order valence-electron chi connectivity index (χ2n) is 8.05. The fourth-order valence-corrected chi connectivity index (χ4v) is 4.37. The molecule has 4 heteroatoms. The summed E-state index contributed by atoms with van der Waals surface area (Å²) in [4.78, 5) is 14.8. The van der Waals surface area contributed by atoms with Gasteiger partial charge in [0, 0.05) is 13.1 Å². The summed E-state index contributed by atoms with van der Waals surface area (Å²) in [7, 11) is 0. The second-order valence-corrected chi connectivity index (χ2v) is 8.05. The minimum absolute atomic E-state index is 0.184. The Morgan fingerprint density at radius 2 is 1.82 bits per heavy atom. The first-order valence-electron chi connectivity index (χ1n) is 10.1. The van der Waals surface area contributed by atoms with Crippen molar-refractivity contribution < 1.29 is 9.53 Å². The Balaban J connectivity index is 1.45. The summed E-state index contributed by atoms with van der Waals surface area (Å²) in [5, 5.41) is 0. The number of likely N-dealkylation sites (tertiary alicyclic amines) is 1. The van der Waals surface area contributed by atoms with Gasteiger partial charge in [0.05, 0.1) is 18.6 Å². The molecule has 146 valence electrons. The number of carbonyl (C=O) groups is 1. The number of carbonyl (C=O) groups excluding carboxylic acids is 1. The molecule has 1 unspecified atom stereocenters. The first-order chi connectivity index (χ1) is 13.6. The summed E-state index contributed by atoms with van der Waals surface area (Å²) >= 11 is 0. The Kier molecular flexibility index (Phi) is 5.60. The highest BCUT2D eigenvalue weighted by Crippen LogP contribution is 2.35. The quantitative estimate of drug-likeness (QED) is 0.786. The van der Waals surface area contributed by atoms with E-state index in [-0.39, 0.29) is 5.91 Å². The number of ether oxygens (including phenoxy) is 1. The van der Waals surface area contributed by atoms with Crippen LogP contribution >= 0.6 is 0 Å². The van der Waals surface area contributed by atoms with Crippen LogP contribution in [0.3, 0.4) is 0 Å². The van der Waals surface area contributed by atoms with Crippen molar-refractivity contribution in [3.05, 3.63) is 71.8 Å². The van der Waals surface area contributed by atoms with Crippen molar-refractivity contribution in [1.82, 2.24) is 4.90 Å². The van der Waals surface area contributed by atoms with E-state index in [4.69, 9.17) is 10.5 Å². The maximum Gasteiger partial charge on any atom is 0.225 e. The summed E-state index contributed by atoms with van der Waals surface area (Å²) in [6.45, 7) is 4.03. The standard InChI is InChI=1S/C24H28N2O2/c25-23(27)24(12-13-26(18-24)16-20-5-4-14-28-17-20)15-19-8-10-22(11-9-19)21-6-2-1-3-7-21/h1-3,5-11H,4,12-18H2,(H2,25,27). The van der Waals surface area contributed by atoms with Crippen molar-refractivity contribution in [2.75, 3.05) is 32.8 Å². The molecule has 2 aliphatic heterocycles. The molecule has 2 aliphatic rings. The number of hydrogen-bond donors (Lipinski definition) is 1. The molecule has 4 rings (SSSR count). The van der Waals surface area contributed by atoms with Crippen molar-refractivity contribution in [3.63, 3.8) is 0 Å². The van der Waals surface area contributed by atoms with Crippen LogP contribution in [0.4, 0.5) is 0 Å². The molecule has 1 amide bonds. The van der Waals surface area contributed by atoms with Crippen molar-refractivity contribution in [2.24, 2.45) is 11.1 Å². The molecule has 1 saturated heterocycles. The van der Waals surface area contributed by atoms with E-state index in [1.807, 2.05) is 18.2 Å². The minimum atomic E-state index is -0.482. The molecule has 0 saturated carbocycles. The third-order valence-corrected chi connectivity index (χ3v) is 5.97. The van der Waals surface area contributed by atoms with Gasteiger partial charge in [0.1, 0.15) is 0 Å². The second kappa shape index (κ2) is 8.29. The van der Waals surface area contributed by atoms with Gasteiger partial charge in [-0.1, -0.05) is 60.7 Å². The topological polar surface area (TPSA) is 55.6 Å². The van der Waals surface area contributed by atoms with Crippen molar-refractivity contribution in [2.45, 2.75) is 19.3 Å². The van der Waals surface area contributed by atoms with Gasteiger partial charge in [-0.2, -0.15) is 0 Å². The summed E-state index contributed by atoms with van der Waals surface area (Å²) < 4.78 is 5.55.